The lowest BCUT2D eigenvalue weighted by molar-refractivity contribution is 0.857. The zero-order chi connectivity index (χ0) is 12.3. The lowest BCUT2D eigenvalue weighted by Crippen LogP contribution is -2.26. The predicted molar refractivity (Wildman–Crippen MR) is 78.5 cm³/mol. The molecule has 0 aromatic heterocycles. The van der Waals surface area contributed by atoms with Gasteiger partial charge in [0.2, 0.25) is 0 Å². The summed E-state index contributed by atoms with van der Waals surface area (Å²) in [5, 5.41) is 2.72. The Kier molecular flexibility index (Phi) is 2.27. The van der Waals surface area contributed by atoms with Gasteiger partial charge in [0, 0.05) is 28.5 Å². The smallest absolute Gasteiger partial charge is 0.0478 e. The third kappa shape index (κ3) is 1.37. The zero-order valence-electron chi connectivity index (χ0n) is 10.6. The summed E-state index contributed by atoms with van der Waals surface area (Å²) in [4.78, 5) is 2.36. The highest BCUT2D eigenvalue weighted by molar-refractivity contribution is 9.10. The van der Waals surface area contributed by atoms with Crippen molar-refractivity contribution in [1.29, 1.82) is 0 Å². The maximum atomic E-state index is 3.79. The minimum Gasteiger partial charge on any atom is -0.368 e. The zero-order valence-corrected chi connectivity index (χ0v) is 12.2. The number of anilines is 1. The molecule has 0 fully saturated rings. The summed E-state index contributed by atoms with van der Waals surface area (Å²) in [6.07, 6.45) is 4.52. The summed E-state index contributed by atoms with van der Waals surface area (Å²) < 4.78 is 1.26. The molecule has 0 spiro atoms. The van der Waals surface area contributed by atoms with Gasteiger partial charge in [0.25, 0.3) is 0 Å². The quantitative estimate of drug-likeness (QED) is 0.710. The van der Waals surface area contributed by atoms with E-state index in [1.807, 2.05) is 0 Å². The van der Waals surface area contributed by atoms with Crippen LogP contribution >= 0.6 is 15.9 Å². The minimum atomic E-state index is 0.494. The van der Waals surface area contributed by atoms with Gasteiger partial charge in [-0.05, 0) is 64.7 Å². The summed E-state index contributed by atoms with van der Waals surface area (Å²) in [5.41, 5.74) is 5.47. The molecule has 17 heavy (non-hydrogen) atoms. The second-order valence-electron chi connectivity index (χ2n) is 5.09. The fourth-order valence-corrected chi connectivity index (χ4v) is 3.67. The van der Waals surface area contributed by atoms with Crippen LogP contribution in [0.5, 0.6) is 0 Å². The van der Waals surface area contributed by atoms with Gasteiger partial charge < -0.3 is 4.90 Å². The molecule has 1 nitrogen and oxygen atoms in total. The Balaban J connectivity index is 2.45. The number of nitrogens with zero attached hydrogens (tertiary/aromatic N) is 1. The molecule has 0 saturated carbocycles. The van der Waals surface area contributed by atoms with E-state index in [4.69, 9.17) is 0 Å². The van der Waals surface area contributed by atoms with E-state index in [2.05, 4.69) is 66.9 Å². The molecule has 0 bridgehead atoms. The van der Waals surface area contributed by atoms with Crippen molar-refractivity contribution in [2.45, 2.75) is 26.8 Å². The van der Waals surface area contributed by atoms with Crippen molar-refractivity contribution in [3.8, 4) is 0 Å². The second kappa shape index (κ2) is 3.49. The van der Waals surface area contributed by atoms with Crippen molar-refractivity contribution in [1.82, 2.24) is 0 Å². The average molecular weight is 290 g/mol. The molecule has 2 aliphatic rings. The van der Waals surface area contributed by atoms with Crippen LogP contribution in [0.1, 0.15) is 26.3 Å². The minimum absolute atomic E-state index is 0.494. The van der Waals surface area contributed by atoms with Gasteiger partial charge in [0.1, 0.15) is 0 Å². The Morgan fingerprint density at radius 3 is 2.65 bits per heavy atom. The van der Waals surface area contributed by atoms with Gasteiger partial charge in [-0.2, -0.15) is 0 Å². The maximum absolute atomic E-state index is 3.79. The molecule has 0 saturated heterocycles. The predicted octanol–water partition coefficient (Wildman–Crippen LogP) is 2.66. The number of allylic oxidation sites excluding steroid dienone is 1. The van der Waals surface area contributed by atoms with Crippen molar-refractivity contribution >= 4 is 39.3 Å². The van der Waals surface area contributed by atoms with Crippen LogP contribution in [0.25, 0.3) is 17.7 Å². The van der Waals surface area contributed by atoms with Crippen LogP contribution in [-0.2, 0) is 0 Å². The van der Waals surface area contributed by atoms with Crippen LogP contribution in [0.2, 0.25) is 0 Å². The van der Waals surface area contributed by atoms with Crippen molar-refractivity contribution in [2.24, 2.45) is 0 Å². The molecule has 1 heterocycles. The van der Waals surface area contributed by atoms with Crippen molar-refractivity contribution in [2.75, 3.05) is 11.9 Å². The number of halogens is 1. The van der Waals surface area contributed by atoms with E-state index >= 15 is 0 Å². The van der Waals surface area contributed by atoms with E-state index in [9.17, 15) is 0 Å². The van der Waals surface area contributed by atoms with E-state index in [-0.39, 0.29) is 0 Å². The van der Waals surface area contributed by atoms with Crippen LogP contribution in [0.15, 0.2) is 16.1 Å². The molecule has 0 N–H and O–H groups in total. The molecular formula is C15H16BrN. The summed E-state index contributed by atoms with van der Waals surface area (Å²) in [5.74, 6) is 0. The summed E-state index contributed by atoms with van der Waals surface area (Å²) in [6, 6.07) is 2.81. The number of fused-ring (bicyclic) bond motifs is 2. The van der Waals surface area contributed by atoms with Crippen molar-refractivity contribution in [3.05, 3.63) is 32.1 Å². The van der Waals surface area contributed by atoms with Gasteiger partial charge in [0.05, 0.1) is 0 Å². The number of rotatable bonds is 0. The average Bonchev–Trinajstić information content (AvgIpc) is 2.75. The maximum Gasteiger partial charge on any atom is 0.0478 e. The highest BCUT2D eigenvalue weighted by Crippen LogP contribution is 2.28. The molecule has 2 heteroatoms. The van der Waals surface area contributed by atoms with Gasteiger partial charge in [-0.25, -0.2) is 0 Å². The molecule has 1 aliphatic heterocycles. The first kappa shape index (κ1) is 11.1. The fourth-order valence-electron chi connectivity index (χ4n) is 2.81. The third-order valence-electron chi connectivity index (χ3n) is 4.05. The Morgan fingerprint density at radius 1 is 1.24 bits per heavy atom. The van der Waals surface area contributed by atoms with E-state index < -0.39 is 0 Å². The van der Waals surface area contributed by atoms with Crippen LogP contribution in [0.4, 0.5) is 5.69 Å². The monoisotopic (exact) mass is 289 g/mol. The molecule has 1 aromatic rings. The molecule has 1 unspecified atom stereocenters. The molecule has 3 rings (SSSR count). The van der Waals surface area contributed by atoms with Gasteiger partial charge in [-0.3, -0.25) is 0 Å². The highest BCUT2D eigenvalue weighted by atomic mass is 79.9. The Hall–Kier alpha value is -1.02. The summed E-state index contributed by atoms with van der Waals surface area (Å²) in [7, 11) is 2.17. The van der Waals surface area contributed by atoms with Gasteiger partial charge in [0.15, 0.2) is 0 Å². The van der Waals surface area contributed by atoms with Gasteiger partial charge in [-0.1, -0.05) is 12.2 Å². The first-order chi connectivity index (χ1) is 8.00. The van der Waals surface area contributed by atoms with E-state index in [0.717, 1.165) is 0 Å². The van der Waals surface area contributed by atoms with Gasteiger partial charge in [-0.15, -0.1) is 0 Å². The van der Waals surface area contributed by atoms with Gasteiger partial charge >= 0.3 is 0 Å². The van der Waals surface area contributed by atoms with E-state index in [0.29, 0.717) is 6.04 Å². The van der Waals surface area contributed by atoms with Crippen molar-refractivity contribution < 1.29 is 0 Å². The van der Waals surface area contributed by atoms with Crippen LogP contribution in [0, 0.1) is 0 Å². The van der Waals surface area contributed by atoms with E-state index in [1.54, 1.807) is 0 Å². The Bertz CT molecular complexity index is 667. The first-order valence-corrected chi connectivity index (χ1v) is 6.76. The van der Waals surface area contributed by atoms with Crippen molar-refractivity contribution in [3.63, 3.8) is 0 Å². The lowest BCUT2D eigenvalue weighted by Gasteiger charge is -2.20. The molecular weight excluding hydrogens is 274 g/mol. The first-order valence-electron chi connectivity index (χ1n) is 5.97. The largest absolute Gasteiger partial charge is 0.368 e. The molecule has 0 radical (unpaired) electrons. The topological polar surface area (TPSA) is 3.24 Å². The Morgan fingerprint density at radius 2 is 1.94 bits per heavy atom. The molecule has 1 aromatic carbocycles. The summed E-state index contributed by atoms with van der Waals surface area (Å²) in [6.45, 7) is 6.65. The third-order valence-corrected chi connectivity index (χ3v) is 4.88. The summed E-state index contributed by atoms with van der Waals surface area (Å²) >= 11 is 3.79. The van der Waals surface area contributed by atoms with Crippen LogP contribution in [0.3, 0.4) is 0 Å². The standard InChI is InChI=1S/C15H16BrN/c1-8-5-11-7-13-14(15(16)12(11)6-8)9(2)10(3)17(13)4/h5-7,10H,1-4H3. The number of hydrogen-bond donors (Lipinski definition) is 0. The fraction of sp³-hybridized carbons (Fsp3) is 0.333. The highest BCUT2D eigenvalue weighted by Gasteiger charge is 2.25. The molecule has 88 valence electrons. The van der Waals surface area contributed by atoms with E-state index in [1.165, 1.54) is 37.3 Å². The van der Waals surface area contributed by atoms with Crippen LogP contribution in [-0.4, -0.2) is 13.1 Å². The molecule has 1 aliphatic carbocycles. The second-order valence-corrected chi connectivity index (χ2v) is 5.88. The normalized spacial score (nSPS) is 21.2. The Labute approximate surface area is 110 Å². The number of benzene rings is 1. The lowest BCUT2D eigenvalue weighted by atomic mass is 10.1. The number of hydrogen-bond acceptors (Lipinski definition) is 1. The SMILES string of the molecule is CC1=Cc2c(Br)c3c(cc2=C1)N(C)C(C)C=3C. The van der Waals surface area contributed by atoms with Crippen LogP contribution < -0.4 is 15.3 Å². The molecule has 1 atom stereocenters. The molecule has 0 amide bonds.